The fourth-order valence-electron chi connectivity index (χ4n) is 2.91. The number of methoxy groups -OCH3 is 3. The van der Waals surface area contributed by atoms with E-state index < -0.39 is 16.2 Å². The predicted molar refractivity (Wildman–Crippen MR) is 87.8 cm³/mol. The molecule has 1 aliphatic heterocycles. The van der Waals surface area contributed by atoms with Crippen molar-refractivity contribution in [2.24, 2.45) is 5.92 Å². The molecule has 6 nitrogen and oxygen atoms in total. The molecule has 1 aliphatic rings. The molecule has 0 aromatic heterocycles. The number of ether oxygens (including phenoxy) is 4. The van der Waals surface area contributed by atoms with Gasteiger partial charge in [-0.05, 0) is 12.1 Å². The zero-order chi connectivity index (χ0) is 16.1. The van der Waals surface area contributed by atoms with Crippen LogP contribution in [0.3, 0.4) is 0 Å². The van der Waals surface area contributed by atoms with Gasteiger partial charge in [0.1, 0.15) is 17.6 Å². The van der Waals surface area contributed by atoms with Crippen LogP contribution in [0.1, 0.15) is 6.92 Å². The van der Waals surface area contributed by atoms with Crippen LogP contribution in [0.5, 0.6) is 0 Å². The Balaban J connectivity index is 0.00000264. The Bertz CT molecular complexity index is 483. The summed E-state index contributed by atoms with van der Waals surface area (Å²) < 4.78 is 35.3. The first-order chi connectivity index (χ1) is 10.6. The average molecular weight is 346 g/mol. The maximum Gasteiger partial charge on any atom is 0.142 e. The Kier molecular flexibility index (Phi) is 8.32. The molecule has 1 saturated heterocycles. The van der Waals surface area contributed by atoms with Gasteiger partial charge in [0.15, 0.2) is 0 Å². The first kappa shape index (κ1) is 20.2. The molecule has 0 bridgehead atoms. The lowest BCUT2D eigenvalue weighted by molar-refractivity contribution is -0.202. The fourth-order valence-corrected chi connectivity index (χ4v) is 4.39. The smallest absolute Gasteiger partial charge is 0.142 e. The summed E-state index contributed by atoms with van der Waals surface area (Å²) in [5, 5.41) is 0. The highest BCUT2D eigenvalue weighted by atomic mass is 32.2. The van der Waals surface area contributed by atoms with Crippen molar-refractivity contribution < 1.29 is 28.6 Å². The highest BCUT2D eigenvalue weighted by Gasteiger charge is 2.46. The molecule has 0 amide bonds. The van der Waals surface area contributed by atoms with E-state index in [4.69, 9.17) is 18.9 Å². The van der Waals surface area contributed by atoms with Gasteiger partial charge in [0.05, 0.1) is 23.5 Å². The van der Waals surface area contributed by atoms with Crippen molar-refractivity contribution in [3.05, 3.63) is 30.3 Å². The second kappa shape index (κ2) is 9.46. The van der Waals surface area contributed by atoms with Gasteiger partial charge in [-0.1, -0.05) is 25.1 Å². The zero-order valence-electron chi connectivity index (χ0n) is 13.9. The van der Waals surface area contributed by atoms with Crippen LogP contribution in [0.25, 0.3) is 0 Å². The standard InChI is InChI=1S/C16H24O5S.H2O/c1-11-14(19-3)15(20-4)13(10-18-2)21-16(11)22(17)12-8-6-5-7-9-12;/h5-9,11,13-16H,10H2,1-4H3;1H2. The third kappa shape index (κ3) is 4.37. The van der Waals surface area contributed by atoms with E-state index in [1.807, 2.05) is 37.3 Å². The highest BCUT2D eigenvalue weighted by Crippen LogP contribution is 2.33. The van der Waals surface area contributed by atoms with E-state index >= 15 is 0 Å². The van der Waals surface area contributed by atoms with Crippen molar-refractivity contribution in [3.8, 4) is 0 Å². The third-order valence-corrected chi connectivity index (χ3v) is 5.71. The second-order valence-corrected chi connectivity index (χ2v) is 6.90. The molecule has 0 saturated carbocycles. The molecule has 2 N–H and O–H groups in total. The minimum Gasteiger partial charge on any atom is -0.412 e. The largest absolute Gasteiger partial charge is 0.412 e. The topological polar surface area (TPSA) is 85.5 Å². The lowest BCUT2D eigenvalue weighted by atomic mass is 9.93. The maximum absolute atomic E-state index is 12.9. The van der Waals surface area contributed by atoms with Gasteiger partial charge in [-0.15, -0.1) is 0 Å². The van der Waals surface area contributed by atoms with E-state index in [1.54, 1.807) is 21.3 Å². The molecule has 0 radical (unpaired) electrons. The van der Waals surface area contributed by atoms with Gasteiger partial charge in [-0.25, -0.2) is 0 Å². The van der Waals surface area contributed by atoms with E-state index in [2.05, 4.69) is 0 Å². The first-order valence-electron chi connectivity index (χ1n) is 7.29. The summed E-state index contributed by atoms with van der Waals surface area (Å²) in [6.07, 6.45) is -0.755. The van der Waals surface area contributed by atoms with Gasteiger partial charge in [0.2, 0.25) is 0 Å². The summed E-state index contributed by atoms with van der Waals surface area (Å²) >= 11 is 0. The molecule has 6 atom stereocenters. The third-order valence-electron chi connectivity index (χ3n) is 4.01. The molecule has 7 heteroatoms. The van der Waals surface area contributed by atoms with Crippen molar-refractivity contribution in [1.82, 2.24) is 0 Å². The number of rotatable bonds is 6. The molecule has 1 aromatic rings. The van der Waals surface area contributed by atoms with Crippen LogP contribution in [-0.2, 0) is 29.7 Å². The van der Waals surface area contributed by atoms with Crippen LogP contribution in [0.2, 0.25) is 0 Å². The Morgan fingerprint density at radius 2 is 1.70 bits per heavy atom. The van der Waals surface area contributed by atoms with Gasteiger partial charge < -0.3 is 24.4 Å². The SMILES string of the molecule is COCC1OC(S(=O)c2ccccc2)C(C)C(OC)C1OC.O. The second-order valence-electron chi connectivity index (χ2n) is 5.37. The summed E-state index contributed by atoms with van der Waals surface area (Å²) in [6, 6.07) is 9.35. The van der Waals surface area contributed by atoms with Crippen molar-refractivity contribution in [3.63, 3.8) is 0 Å². The minimum atomic E-state index is -1.28. The van der Waals surface area contributed by atoms with Gasteiger partial charge >= 0.3 is 0 Å². The van der Waals surface area contributed by atoms with Crippen LogP contribution >= 0.6 is 0 Å². The fraction of sp³-hybridized carbons (Fsp3) is 0.625. The van der Waals surface area contributed by atoms with Crippen molar-refractivity contribution in [1.29, 1.82) is 0 Å². The lowest BCUT2D eigenvalue weighted by Gasteiger charge is -2.43. The number of benzene rings is 1. The van der Waals surface area contributed by atoms with Gasteiger partial charge in [0, 0.05) is 32.1 Å². The molecule has 2 rings (SSSR count). The Morgan fingerprint density at radius 1 is 1.09 bits per heavy atom. The highest BCUT2D eigenvalue weighted by molar-refractivity contribution is 7.85. The maximum atomic E-state index is 12.9. The summed E-state index contributed by atoms with van der Waals surface area (Å²) in [5.74, 6) is -0.0657. The van der Waals surface area contributed by atoms with Crippen LogP contribution in [-0.4, -0.2) is 61.4 Å². The average Bonchev–Trinajstić information content (AvgIpc) is 2.56. The van der Waals surface area contributed by atoms with Crippen molar-refractivity contribution in [2.75, 3.05) is 27.9 Å². The van der Waals surface area contributed by atoms with Gasteiger partial charge in [0.25, 0.3) is 0 Å². The zero-order valence-corrected chi connectivity index (χ0v) is 14.7. The van der Waals surface area contributed by atoms with Crippen LogP contribution in [0, 0.1) is 5.92 Å². The molecule has 1 aromatic carbocycles. The normalized spacial score (nSPS) is 32.1. The van der Waals surface area contributed by atoms with Crippen LogP contribution < -0.4 is 0 Å². The summed E-state index contributed by atoms with van der Waals surface area (Å²) in [4.78, 5) is 0.751. The summed E-state index contributed by atoms with van der Waals surface area (Å²) in [7, 11) is 3.61. The lowest BCUT2D eigenvalue weighted by Crippen LogP contribution is -2.57. The molecule has 0 spiro atoms. The van der Waals surface area contributed by atoms with Crippen LogP contribution in [0.4, 0.5) is 0 Å². The number of hydrogen-bond acceptors (Lipinski definition) is 5. The minimum absolute atomic E-state index is 0. The van der Waals surface area contributed by atoms with E-state index in [-0.39, 0.29) is 29.7 Å². The van der Waals surface area contributed by atoms with Crippen molar-refractivity contribution >= 4 is 10.8 Å². The van der Waals surface area contributed by atoms with Crippen LogP contribution in [0.15, 0.2) is 35.2 Å². The van der Waals surface area contributed by atoms with Gasteiger partial charge in [-0.2, -0.15) is 0 Å². The molecule has 6 unspecified atom stereocenters. The molecular weight excluding hydrogens is 320 g/mol. The Labute approximate surface area is 139 Å². The molecule has 1 fully saturated rings. The molecule has 1 heterocycles. The quantitative estimate of drug-likeness (QED) is 0.767. The molecule has 23 heavy (non-hydrogen) atoms. The predicted octanol–water partition coefficient (Wildman–Crippen LogP) is 1.01. The number of hydrogen-bond donors (Lipinski definition) is 0. The van der Waals surface area contributed by atoms with E-state index in [9.17, 15) is 4.21 Å². The summed E-state index contributed by atoms with van der Waals surface area (Å²) in [5.41, 5.74) is -0.459. The molecule has 132 valence electrons. The Hall–Kier alpha value is -0.830. The van der Waals surface area contributed by atoms with Crippen molar-refractivity contribution in [2.45, 2.75) is 35.6 Å². The first-order valence-corrected chi connectivity index (χ1v) is 8.51. The Morgan fingerprint density at radius 3 is 2.22 bits per heavy atom. The van der Waals surface area contributed by atoms with E-state index in [0.29, 0.717) is 6.61 Å². The van der Waals surface area contributed by atoms with Gasteiger partial charge in [-0.3, -0.25) is 4.21 Å². The summed E-state index contributed by atoms with van der Waals surface area (Å²) in [6.45, 7) is 2.35. The monoisotopic (exact) mass is 346 g/mol. The molecule has 0 aliphatic carbocycles. The van der Waals surface area contributed by atoms with E-state index in [1.165, 1.54) is 0 Å². The molecular formula is C16H26O6S. The van der Waals surface area contributed by atoms with E-state index in [0.717, 1.165) is 4.90 Å².